The van der Waals surface area contributed by atoms with Crippen molar-refractivity contribution >= 4 is 17.4 Å². The number of carbonyl (C=O) groups excluding carboxylic acids is 1. The van der Waals surface area contributed by atoms with Crippen LogP contribution in [0.5, 0.6) is 0 Å². The van der Waals surface area contributed by atoms with Gasteiger partial charge >= 0.3 is 0 Å². The van der Waals surface area contributed by atoms with Gasteiger partial charge in [0.15, 0.2) is 5.82 Å². The minimum absolute atomic E-state index is 0.0501. The van der Waals surface area contributed by atoms with Crippen molar-refractivity contribution in [1.82, 2.24) is 24.7 Å². The number of rotatable bonds is 4. The van der Waals surface area contributed by atoms with Gasteiger partial charge in [-0.1, -0.05) is 17.7 Å². The normalized spacial score (nSPS) is 16.9. The van der Waals surface area contributed by atoms with Crippen LogP contribution in [-0.4, -0.2) is 43.7 Å². The van der Waals surface area contributed by atoms with Crippen molar-refractivity contribution in [1.29, 1.82) is 0 Å². The van der Waals surface area contributed by atoms with E-state index in [2.05, 4.69) is 30.3 Å². The lowest BCUT2D eigenvalue weighted by molar-refractivity contribution is -0.120. The summed E-state index contributed by atoms with van der Waals surface area (Å²) in [5.74, 6) is 1.42. The molecular weight excluding hydrogens is 342 g/mol. The second-order valence-corrected chi connectivity index (χ2v) is 6.71. The van der Waals surface area contributed by atoms with Gasteiger partial charge < -0.3 is 10.2 Å². The summed E-state index contributed by atoms with van der Waals surface area (Å²) in [6, 6.07) is 9.73. The van der Waals surface area contributed by atoms with E-state index < -0.39 is 0 Å². The Balaban J connectivity index is 1.45. The third-order valence-electron chi connectivity index (χ3n) is 4.73. The predicted octanol–water partition coefficient (Wildman–Crippen LogP) is 2.22. The first-order valence-corrected chi connectivity index (χ1v) is 8.98. The molecule has 0 bridgehead atoms. The third-order valence-corrected chi connectivity index (χ3v) is 4.73. The van der Waals surface area contributed by atoms with Crippen molar-refractivity contribution in [2.24, 2.45) is 5.92 Å². The Hall–Kier alpha value is -3.29. The van der Waals surface area contributed by atoms with Gasteiger partial charge in [-0.25, -0.2) is 19.6 Å². The summed E-state index contributed by atoms with van der Waals surface area (Å²) in [5.41, 5.74) is 2.00. The van der Waals surface area contributed by atoms with Gasteiger partial charge in [-0.15, -0.1) is 0 Å². The molecule has 0 aliphatic carbocycles. The van der Waals surface area contributed by atoms with Gasteiger partial charge in [-0.3, -0.25) is 4.79 Å². The first-order chi connectivity index (χ1) is 13.2. The Morgan fingerprint density at radius 2 is 1.96 bits per heavy atom. The lowest BCUT2D eigenvalue weighted by atomic mass is 9.97. The zero-order valence-corrected chi connectivity index (χ0v) is 15.1. The lowest BCUT2D eigenvalue weighted by Crippen LogP contribution is -2.41. The highest BCUT2D eigenvalue weighted by atomic mass is 16.1. The summed E-state index contributed by atoms with van der Waals surface area (Å²) in [5, 5.41) is 7.13. The number of nitrogens with zero attached hydrogens (tertiary/aromatic N) is 6. The highest BCUT2D eigenvalue weighted by molar-refractivity contribution is 5.93. The largest absolute Gasteiger partial charge is 0.356 e. The molecule has 1 unspecified atom stereocenters. The maximum Gasteiger partial charge on any atom is 0.229 e. The third kappa shape index (κ3) is 3.94. The van der Waals surface area contributed by atoms with Crippen molar-refractivity contribution in [2.75, 3.05) is 23.3 Å². The zero-order chi connectivity index (χ0) is 18.6. The maximum atomic E-state index is 12.7. The topological polar surface area (TPSA) is 88.8 Å². The molecule has 8 heteroatoms. The molecular formula is C19H21N7O. The number of aromatic nitrogens is 5. The summed E-state index contributed by atoms with van der Waals surface area (Å²) in [6.07, 6.45) is 6.39. The van der Waals surface area contributed by atoms with Crippen molar-refractivity contribution < 1.29 is 4.79 Å². The van der Waals surface area contributed by atoms with Gasteiger partial charge in [-0.05, 0) is 31.9 Å². The molecule has 1 aromatic carbocycles. The van der Waals surface area contributed by atoms with Gasteiger partial charge in [0.05, 0.1) is 5.92 Å². The van der Waals surface area contributed by atoms with Gasteiger partial charge in [0.1, 0.15) is 24.8 Å². The molecule has 1 atom stereocenters. The average molecular weight is 363 g/mol. The van der Waals surface area contributed by atoms with Crippen LogP contribution in [0.25, 0.3) is 5.82 Å². The molecule has 1 aliphatic rings. The fourth-order valence-electron chi connectivity index (χ4n) is 3.24. The van der Waals surface area contributed by atoms with E-state index in [1.54, 1.807) is 11.0 Å². The van der Waals surface area contributed by atoms with Crippen LogP contribution in [0.3, 0.4) is 0 Å². The Labute approximate surface area is 157 Å². The van der Waals surface area contributed by atoms with Gasteiger partial charge in [-0.2, -0.15) is 5.10 Å². The Bertz CT molecular complexity index is 908. The first-order valence-electron chi connectivity index (χ1n) is 8.98. The van der Waals surface area contributed by atoms with Gasteiger partial charge in [0.2, 0.25) is 5.91 Å². The van der Waals surface area contributed by atoms with E-state index in [0.717, 1.165) is 30.9 Å². The molecule has 3 aromatic rings. The van der Waals surface area contributed by atoms with E-state index in [1.165, 1.54) is 18.2 Å². The van der Waals surface area contributed by atoms with Crippen LogP contribution in [0.4, 0.5) is 11.5 Å². The molecule has 0 radical (unpaired) electrons. The summed E-state index contributed by atoms with van der Waals surface area (Å²) in [7, 11) is 0. The number of piperidine rings is 1. The Kier molecular flexibility index (Phi) is 4.78. The van der Waals surface area contributed by atoms with Crippen LogP contribution < -0.4 is 10.2 Å². The summed E-state index contributed by atoms with van der Waals surface area (Å²) < 4.78 is 1.59. The van der Waals surface area contributed by atoms with E-state index in [4.69, 9.17) is 0 Å². The molecule has 2 aromatic heterocycles. The Morgan fingerprint density at radius 1 is 1.15 bits per heavy atom. The van der Waals surface area contributed by atoms with Crippen LogP contribution >= 0.6 is 0 Å². The molecule has 1 amide bonds. The SMILES string of the molecule is Cc1ccc(NC(=O)C2CCCN(c3cc(-n4cncn4)ncn3)C2)cc1. The van der Waals surface area contributed by atoms with Crippen molar-refractivity contribution in [3.8, 4) is 5.82 Å². The number of benzene rings is 1. The van der Waals surface area contributed by atoms with E-state index in [0.29, 0.717) is 12.4 Å². The fraction of sp³-hybridized carbons (Fsp3) is 0.316. The number of aryl methyl sites for hydroxylation is 1. The molecule has 4 rings (SSSR count). The minimum atomic E-state index is -0.0789. The quantitative estimate of drug-likeness (QED) is 0.765. The number of hydrogen-bond acceptors (Lipinski definition) is 6. The summed E-state index contributed by atoms with van der Waals surface area (Å²) in [6.45, 7) is 3.52. The minimum Gasteiger partial charge on any atom is -0.356 e. The molecule has 27 heavy (non-hydrogen) atoms. The average Bonchev–Trinajstić information content (AvgIpc) is 3.25. The van der Waals surface area contributed by atoms with E-state index in [9.17, 15) is 4.79 Å². The van der Waals surface area contributed by atoms with Crippen LogP contribution in [-0.2, 0) is 4.79 Å². The molecule has 138 valence electrons. The number of amides is 1. The summed E-state index contributed by atoms with van der Waals surface area (Å²) >= 11 is 0. The van der Waals surface area contributed by atoms with E-state index in [1.807, 2.05) is 37.3 Å². The molecule has 1 aliphatic heterocycles. The molecule has 1 saturated heterocycles. The fourth-order valence-corrected chi connectivity index (χ4v) is 3.24. The zero-order valence-electron chi connectivity index (χ0n) is 15.1. The van der Waals surface area contributed by atoms with Crippen LogP contribution in [0.15, 0.2) is 49.3 Å². The van der Waals surface area contributed by atoms with Crippen LogP contribution in [0.2, 0.25) is 0 Å². The number of nitrogens with one attached hydrogen (secondary N) is 1. The number of anilines is 2. The Morgan fingerprint density at radius 3 is 2.74 bits per heavy atom. The maximum absolute atomic E-state index is 12.7. The van der Waals surface area contributed by atoms with Crippen LogP contribution in [0, 0.1) is 12.8 Å². The standard InChI is InChI=1S/C19H21N7O/c1-14-4-6-16(7-5-14)24-19(27)15-3-2-8-25(10-15)17-9-18(22-12-21-17)26-13-20-11-23-26/h4-7,9,11-13,15H,2-3,8,10H2,1H3,(H,24,27). The predicted molar refractivity (Wildman–Crippen MR) is 102 cm³/mol. The smallest absolute Gasteiger partial charge is 0.229 e. The molecule has 1 fully saturated rings. The van der Waals surface area contributed by atoms with E-state index in [-0.39, 0.29) is 11.8 Å². The molecule has 1 N–H and O–H groups in total. The number of carbonyl (C=O) groups is 1. The van der Waals surface area contributed by atoms with Gasteiger partial charge in [0, 0.05) is 24.8 Å². The molecule has 0 spiro atoms. The highest BCUT2D eigenvalue weighted by Gasteiger charge is 2.27. The lowest BCUT2D eigenvalue weighted by Gasteiger charge is -2.32. The van der Waals surface area contributed by atoms with Gasteiger partial charge in [0.25, 0.3) is 0 Å². The second kappa shape index (κ2) is 7.53. The summed E-state index contributed by atoms with van der Waals surface area (Å²) in [4.78, 5) is 27.4. The van der Waals surface area contributed by atoms with Crippen molar-refractivity contribution in [3.05, 3.63) is 54.9 Å². The first kappa shape index (κ1) is 17.1. The van der Waals surface area contributed by atoms with Crippen LogP contribution in [0.1, 0.15) is 18.4 Å². The van der Waals surface area contributed by atoms with Crippen molar-refractivity contribution in [3.63, 3.8) is 0 Å². The molecule has 3 heterocycles. The second-order valence-electron chi connectivity index (χ2n) is 6.71. The molecule has 8 nitrogen and oxygen atoms in total. The van der Waals surface area contributed by atoms with Crippen molar-refractivity contribution in [2.45, 2.75) is 19.8 Å². The molecule has 0 saturated carbocycles. The monoisotopic (exact) mass is 363 g/mol. The number of hydrogen-bond donors (Lipinski definition) is 1. The highest BCUT2D eigenvalue weighted by Crippen LogP contribution is 2.23. The van der Waals surface area contributed by atoms with E-state index >= 15 is 0 Å².